The lowest BCUT2D eigenvalue weighted by molar-refractivity contribution is -0.149. The van der Waals surface area contributed by atoms with Gasteiger partial charge < -0.3 is 33.9 Å². The van der Waals surface area contributed by atoms with E-state index in [2.05, 4.69) is 5.32 Å². The van der Waals surface area contributed by atoms with Crippen molar-refractivity contribution >= 4 is 46.6 Å². The van der Waals surface area contributed by atoms with E-state index in [-0.39, 0.29) is 34.8 Å². The van der Waals surface area contributed by atoms with Crippen LogP contribution in [0, 0.1) is 0 Å². The van der Waals surface area contributed by atoms with E-state index in [1.165, 1.54) is 24.0 Å². The number of pyridine rings is 1. The van der Waals surface area contributed by atoms with Crippen molar-refractivity contribution in [1.29, 1.82) is 0 Å². The Morgan fingerprint density at radius 2 is 1.88 bits per heavy atom. The van der Waals surface area contributed by atoms with Gasteiger partial charge in [-0.15, -0.1) is 11.8 Å². The molecule has 5 rings (SSSR count). The summed E-state index contributed by atoms with van der Waals surface area (Å²) in [6.07, 6.45) is 0.600. The summed E-state index contributed by atoms with van der Waals surface area (Å²) in [6.45, 7) is 6.91. The number of carboxylic acid groups (broad SMARTS) is 1. The summed E-state index contributed by atoms with van der Waals surface area (Å²) in [6, 6.07) is 2.23. The predicted octanol–water partition coefficient (Wildman–Crippen LogP) is 2.05. The SMILES string of the molecule is CCn1cc(C(=O)OCC2=C(C(=O)O)N3C(=O)[C@@H](NC(=O)OC(C)(C)C)[C@H]3SC2)c(=O)c2cc3c(cc21)OCO3. The number of aryl methyl sites for hydroxylation is 1. The van der Waals surface area contributed by atoms with Gasteiger partial charge >= 0.3 is 18.0 Å². The summed E-state index contributed by atoms with van der Waals surface area (Å²) in [4.78, 5) is 64.4. The second-order valence-corrected chi connectivity index (χ2v) is 11.4. The predicted molar refractivity (Wildman–Crippen MR) is 141 cm³/mol. The number of rotatable bonds is 6. The number of amides is 2. The Morgan fingerprint density at radius 3 is 2.52 bits per heavy atom. The van der Waals surface area contributed by atoms with Gasteiger partial charge in [0.15, 0.2) is 11.5 Å². The summed E-state index contributed by atoms with van der Waals surface area (Å²) in [5.74, 6) is -1.93. The van der Waals surface area contributed by atoms with E-state index >= 15 is 0 Å². The lowest BCUT2D eigenvalue weighted by Crippen LogP contribution is -2.70. The standard InChI is InChI=1S/C26H27N3O10S/c1-5-28-8-14(20(30)13-6-16-17(7-15(13)28)38-11-37-16)24(34)36-9-12-10-40-22-18(27-25(35)39-26(2,3)4)21(31)29(22)19(12)23(32)33/h6-8,18,22H,5,9-11H2,1-4H3,(H,27,35)(H,32,33)/t18-,22-/m1/s1. The minimum Gasteiger partial charge on any atom is -0.477 e. The van der Waals surface area contributed by atoms with Gasteiger partial charge in [0.1, 0.15) is 34.9 Å². The molecular formula is C26H27N3O10S. The van der Waals surface area contributed by atoms with Gasteiger partial charge in [-0.25, -0.2) is 14.4 Å². The minimum atomic E-state index is -1.38. The molecule has 1 saturated heterocycles. The van der Waals surface area contributed by atoms with Gasteiger partial charge in [0.25, 0.3) is 5.91 Å². The van der Waals surface area contributed by atoms with Gasteiger partial charge in [-0.3, -0.25) is 14.5 Å². The van der Waals surface area contributed by atoms with Crippen LogP contribution in [-0.4, -0.2) is 74.7 Å². The van der Waals surface area contributed by atoms with Crippen molar-refractivity contribution < 1.29 is 43.2 Å². The zero-order valence-electron chi connectivity index (χ0n) is 22.1. The summed E-state index contributed by atoms with van der Waals surface area (Å²) in [5.41, 5.74) is -1.14. The Kier molecular flexibility index (Phi) is 6.90. The van der Waals surface area contributed by atoms with E-state index in [1.807, 2.05) is 6.92 Å². The number of hydrogen-bond acceptors (Lipinski definition) is 10. The molecule has 0 bridgehead atoms. The monoisotopic (exact) mass is 573 g/mol. The maximum Gasteiger partial charge on any atom is 0.408 e. The third-order valence-corrected chi connectivity index (χ3v) is 7.77. The van der Waals surface area contributed by atoms with Gasteiger partial charge in [0, 0.05) is 30.1 Å². The molecule has 1 fully saturated rings. The highest BCUT2D eigenvalue weighted by atomic mass is 32.2. The van der Waals surface area contributed by atoms with Crippen molar-refractivity contribution in [3.8, 4) is 11.5 Å². The van der Waals surface area contributed by atoms with Crippen LogP contribution in [0.3, 0.4) is 0 Å². The number of esters is 1. The number of nitrogens with one attached hydrogen (secondary N) is 1. The second kappa shape index (κ2) is 10.1. The minimum absolute atomic E-state index is 0.0259. The fourth-order valence-electron chi connectivity index (χ4n) is 4.65. The van der Waals surface area contributed by atoms with Crippen molar-refractivity contribution in [3.05, 3.63) is 45.4 Å². The maximum atomic E-state index is 13.2. The van der Waals surface area contributed by atoms with Crippen LogP contribution in [0.2, 0.25) is 0 Å². The quantitative estimate of drug-likeness (QED) is 0.384. The molecule has 212 valence electrons. The number of hydrogen-bond donors (Lipinski definition) is 2. The molecule has 1 aromatic heterocycles. The number of thioether (sulfide) groups is 1. The number of benzene rings is 1. The highest BCUT2D eigenvalue weighted by Gasteiger charge is 2.54. The van der Waals surface area contributed by atoms with Gasteiger partial charge in [-0.2, -0.15) is 0 Å². The van der Waals surface area contributed by atoms with E-state index in [9.17, 15) is 29.1 Å². The van der Waals surface area contributed by atoms with Crippen LogP contribution in [0.1, 0.15) is 38.1 Å². The number of carbonyl (C=O) groups excluding carboxylic acids is 3. The molecular weight excluding hydrogens is 546 g/mol. The van der Waals surface area contributed by atoms with Crippen molar-refractivity contribution in [2.75, 3.05) is 19.2 Å². The molecule has 4 heterocycles. The summed E-state index contributed by atoms with van der Waals surface area (Å²) in [5, 5.41) is 11.9. The first kappa shape index (κ1) is 27.4. The molecule has 3 aliphatic heterocycles. The molecule has 0 saturated carbocycles. The highest BCUT2D eigenvalue weighted by Crippen LogP contribution is 2.40. The van der Waals surface area contributed by atoms with Crippen LogP contribution < -0.4 is 20.2 Å². The molecule has 1 aromatic carbocycles. The second-order valence-electron chi connectivity index (χ2n) is 10.2. The number of aromatic nitrogens is 1. The first-order valence-electron chi connectivity index (χ1n) is 12.4. The Morgan fingerprint density at radius 1 is 1.18 bits per heavy atom. The topological polar surface area (TPSA) is 163 Å². The number of alkyl carbamates (subject to hydrolysis) is 1. The van der Waals surface area contributed by atoms with E-state index < -0.39 is 53.0 Å². The van der Waals surface area contributed by atoms with Crippen LogP contribution >= 0.6 is 11.8 Å². The summed E-state index contributed by atoms with van der Waals surface area (Å²) in [7, 11) is 0. The number of ether oxygens (including phenoxy) is 4. The number of fused-ring (bicyclic) bond motifs is 3. The van der Waals surface area contributed by atoms with Crippen LogP contribution in [0.15, 0.2) is 34.4 Å². The molecule has 2 atom stereocenters. The van der Waals surface area contributed by atoms with Gasteiger partial charge in [0.05, 0.1) is 10.9 Å². The zero-order valence-corrected chi connectivity index (χ0v) is 23.0. The number of nitrogens with zero attached hydrogens (tertiary/aromatic N) is 2. The first-order chi connectivity index (χ1) is 18.9. The fourth-order valence-corrected chi connectivity index (χ4v) is 5.97. The Balaban J connectivity index is 1.35. The molecule has 2 N–H and O–H groups in total. The fraction of sp³-hybridized carbons (Fsp3) is 0.423. The van der Waals surface area contributed by atoms with E-state index in [0.29, 0.717) is 23.6 Å². The number of carboxylic acids is 1. The lowest BCUT2D eigenvalue weighted by Gasteiger charge is -2.49. The third-order valence-electron chi connectivity index (χ3n) is 6.43. The third kappa shape index (κ3) is 4.83. The van der Waals surface area contributed by atoms with Crippen molar-refractivity contribution in [2.45, 2.75) is 51.3 Å². The maximum absolute atomic E-state index is 13.2. The number of β-lactam (4-membered cyclic amide) rings is 1. The molecule has 3 aliphatic rings. The van der Waals surface area contributed by atoms with Crippen LogP contribution in [0.4, 0.5) is 4.79 Å². The molecule has 0 aliphatic carbocycles. The Bertz CT molecular complexity index is 1540. The van der Waals surface area contributed by atoms with Crippen molar-refractivity contribution in [1.82, 2.24) is 14.8 Å². The van der Waals surface area contributed by atoms with Crippen LogP contribution in [-0.2, 0) is 25.6 Å². The normalized spacial score (nSPS) is 19.7. The van der Waals surface area contributed by atoms with Crippen molar-refractivity contribution in [3.63, 3.8) is 0 Å². The van der Waals surface area contributed by atoms with Crippen LogP contribution in [0.25, 0.3) is 10.9 Å². The molecule has 2 aromatic rings. The molecule has 0 radical (unpaired) electrons. The molecule has 0 spiro atoms. The van der Waals surface area contributed by atoms with Crippen LogP contribution in [0.5, 0.6) is 11.5 Å². The smallest absolute Gasteiger partial charge is 0.408 e. The van der Waals surface area contributed by atoms with Gasteiger partial charge in [-0.05, 0) is 33.8 Å². The highest BCUT2D eigenvalue weighted by molar-refractivity contribution is 8.00. The lowest BCUT2D eigenvalue weighted by atomic mass is 10.0. The Labute approximate surface area is 232 Å². The number of aliphatic carboxylic acids is 1. The summed E-state index contributed by atoms with van der Waals surface area (Å²) < 4.78 is 23.0. The van der Waals surface area contributed by atoms with E-state index in [1.54, 1.807) is 31.4 Å². The molecule has 40 heavy (non-hydrogen) atoms. The number of carbonyl (C=O) groups is 4. The molecule has 2 amide bonds. The Hall–Kier alpha value is -4.20. The van der Waals surface area contributed by atoms with Crippen molar-refractivity contribution in [2.24, 2.45) is 0 Å². The summed E-state index contributed by atoms with van der Waals surface area (Å²) >= 11 is 1.21. The van der Waals surface area contributed by atoms with Gasteiger partial charge in [-0.1, -0.05) is 0 Å². The molecule has 14 heteroatoms. The average molecular weight is 574 g/mol. The van der Waals surface area contributed by atoms with Gasteiger partial charge in [0.2, 0.25) is 12.2 Å². The van der Waals surface area contributed by atoms with E-state index in [4.69, 9.17) is 18.9 Å². The largest absolute Gasteiger partial charge is 0.477 e. The van der Waals surface area contributed by atoms with E-state index in [0.717, 1.165) is 4.90 Å². The average Bonchev–Trinajstić information content (AvgIpc) is 3.35. The molecule has 0 unspecified atom stereocenters. The zero-order chi connectivity index (χ0) is 28.9. The molecule has 13 nitrogen and oxygen atoms in total. The first-order valence-corrected chi connectivity index (χ1v) is 13.5.